The highest BCUT2D eigenvalue weighted by Gasteiger charge is 2.50. The average molecular weight is 154 g/mol. The number of nitrogens with two attached hydrogens (primary N) is 1. The van der Waals surface area contributed by atoms with Gasteiger partial charge in [0, 0.05) is 11.5 Å². The Morgan fingerprint density at radius 1 is 1.44 bits per heavy atom. The van der Waals surface area contributed by atoms with Gasteiger partial charge in [0.15, 0.2) is 0 Å². The van der Waals surface area contributed by atoms with Crippen LogP contribution < -0.4 is 5.73 Å². The topological polar surface area (TPSA) is 66.5 Å². The van der Waals surface area contributed by atoms with Gasteiger partial charge in [-0.15, -0.1) is 12.4 Å². The van der Waals surface area contributed by atoms with Gasteiger partial charge < -0.3 is 15.9 Å². The summed E-state index contributed by atoms with van der Waals surface area (Å²) >= 11 is 0. The molecular formula is C5H12ClNO2. The summed E-state index contributed by atoms with van der Waals surface area (Å²) in [6.07, 6.45) is 0.764. The Labute approximate surface area is 60.3 Å². The molecule has 1 rings (SSSR count). The highest BCUT2D eigenvalue weighted by atomic mass is 35.5. The molecule has 0 bridgehead atoms. The van der Waals surface area contributed by atoms with Gasteiger partial charge in [-0.1, -0.05) is 0 Å². The van der Waals surface area contributed by atoms with Crippen molar-refractivity contribution in [2.24, 2.45) is 11.1 Å². The van der Waals surface area contributed by atoms with E-state index in [9.17, 15) is 0 Å². The number of hydrogen-bond acceptors (Lipinski definition) is 3. The van der Waals surface area contributed by atoms with Crippen molar-refractivity contribution in [3.63, 3.8) is 0 Å². The fraction of sp³-hybridized carbons (Fsp3) is 1.00. The molecule has 0 spiro atoms. The summed E-state index contributed by atoms with van der Waals surface area (Å²) < 4.78 is 0. The van der Waals surface area contributed by atoms with Crippen LogP contribution in [0.4, 0.5) is 0 Å². The minimum atomic E-state index is -0.319. The van der Waals surface area contributed by atoms with E-state index < -0.39 is 0 Å². The van der Waals surface area contributed by atoms with Crippen LogP contribution in [0.5, 0.6) is 0 Å². The van der Waals surface area contributed by atoms with Gasteiger partial charge in [-0.3, -0.25) is 0 Å². The first-order valence-corrected chi connectivity index (χ1v) is 2.72. The second kappa shape index (κ2) is 2.84. The van der Waals surface area contributed by atoms with Gasteiger partial charge in [-0.05, 0) is 6.42 Å². The van der Waals surface area contributed by atoms with E-state index in [2.05, 4.69) is 0 Å². The van der Waals surface area contributed by atoms with Crippen LogP contribution in [0.25, 0.3) is 0 Å². The van der Waals surface area contributed by atoms with E-state index in [4.69, 9.17) is 15.9 Å². The van der Waals surface area contributed by atoms with Gasteiger partial charge in [0.05, 0.1) is 13.2 Å². The van der Waals surface area contributed by atoms with Gasteiger partial charge >= 0.3 is 0 Å². The third kappa shape index (κ3) is 1.35. The second-order valence-electron chi connectivity index (χ2n) is 2.49. The molecule has 0 amide bonds. The third-order valence-electron chi connectivity index (χ3n) is 1.88. The van der Waals surface area contributed by atoms with Crippen molar-refractivity contribution in [1.29, 1.82) is 0 Å². The largest absolute Gasteiger partial charge is 0.396 e. The van der Waals surface area contributed by atoms with Crippen LogP contribution in [-0.2, 0) is 0 Å². The molecule has 3 nitrogen and oxygen atoms in total. The summed E-state index contributed by atoms with van der Waals surface area (Å²) in [4.78, 5) is 0. The molecule has 56 valence electrons. The maximum Gasteiger partial charge on any atom is 0.0524 e. The average Bonchev–Trinajstić information content (AvgIpc) is 2.43. The molecule has 1 unspecified atom stereocenters. The lowest BCUT2D eigenvalue weighted by molar-refractivity contribution is 0.130. The van der Waals surface area contributed by atoms with Crippen molar-refractivity contribution in [3.8, 4) is 0 Å². The van der Waals surface area contributed by atoms with E-state index in [1.54, 1.807) is 0 Å². The lowest BCUT2D eigenvalue weighted by atomic mass is 10.1. The van der Waals surface area contributed by atoms with Gasteiger partial charge in [0.2, 0.25) is 0 Å². The van der Waals surface area contributed by atoms with E-state index in [1.165, 1.54) is 0 Å². The standard InChI is InChI=1S/C5H11NO2.ClH/c6-4-1-5(4,2-7)3-8;/h4,7-8H,1-3,6H2;1H. The molecule has 0 aromatic rings. The molecule has 0 radical (unpaired) electrons. The minimum absolute atomic E-state index is 0. The molecule has 0 aliphatic heterocycles. The summed E-state index contributed by atoms with van der Waals surface area (Å²) in [5, 5.41) is 17.2. The summed E-state index contributed by atoms with van der Waals surface area (Å²) in [6.45, 7) is 0.0370. The number of aliphatic hydroxyl groups is 2. The highest BCUT2D eigenvalue weighted by Crippen LogP contribution is 2.42. The zero-order chi connectivity index (χ0) is 6.20. The Hall–Kier alpha value is 0.170. The Morgan fingerprint density at radius 2 is 1.78 bits per heavy atom. The van der Waals surface area contributed by atoms with E-state index in [0.717, 1.165) is 6.42 Å². The van der Waals surface area contributed by atoms with Crippen molar-refractivity contribution in [2.45, 2.75) is 12.5 Å². The lowest BCUT2D eigenvalue weighted by Crippen LogP contribution is -2.21. The molecule has 1 fully saturated rings. The van der Waals surface area contributed by atoms with Crippen molar-refractivity contribution < 1.29 is 10.2 Å². The quantitative estimate of drug-likeness (QED) is 0.482. The lowest BCUT2D eigenvalue weighted by Gasteiger charge is -2.05. The fourth-order valence-electron chi connectivity index (χ4n) is 0.793. The Kier molecular flexibility index (Phi) is 2.89. The maximum atomic E-state index is 8.59. The first kappa shape index (κ1) is 9.17. The monoisotopic (exact) mass is 153 g/mol. The van der Waals surface area contributed by atoms with E-state index in [0.29, 0.717) is 0 Å². The van der Waals surface area contributed by atoms with E-state index >= 15 is 0 Å². The zero-order valence-electron chi connectivity index (χ0n) is 5.08. The van der Waals surface area contributed by atoms with Gasteiger partial charge in [0.1, 0.15) is 0 Å². The molecule has 9 heavy (non-hydrogen) atoms. The fourth-order valence-corrected chi connectivity index (χ4v) is 0.793. The molecule has 0 saturated heterocycles. The second-order valence-corrected chi connectivity index (χ2v) is 2.49. The molecule has 1 saturated carbocycles. The number of halogens is 1. The van der Waals surface area contributed by atoms with Crippen LogP contribution in [0.1, 0.15) is 6.42 Å². The SMILES string of the molecule is Cl.NC1CC1(CO)CO. The Balaban J connectivity index is 0.000000640. The predicted molar refractivity (Wildman–Crippen MR) is 36.4 cm³/mol. The van der Waals surface area contributed by atoms with Crippen LogP contribution in [-0.4, -0.2) is 29.5 Å². The molecule has 0 heterocycles. The van der Waals surface area contributed by atoms with E-state index in [-0.39, 0.29) is 37.1 Å². The summed E-state index contributed by atoms with van der Waals surface area (Å²) in [5.74, 6) is 0. The number of aliphatic hydroxyl groups excluding tert-OH is 2. The van der Waals surface area contributed by atoms with E-state index in [1.807, 2.05) is 0 Å². The van der Waals surface area contributed by atoms with Crippen LogP contribution in [0.15, 0.2) is 0 Å². The first-order chi connectivity index (χ1) is 3.75. The van der Waals surface area contributed by atoms with Gasteiger partial charge in [-0.25, -0.2) is 0 Å². The molecule has 1 aliphatic carbocycles. The molecular weight excluding hydrogens is 142 g/mol. The molecule has 1 aliphatic rings. The van der Waals surface area contributed by atoms with Crippen LogP contribution in [0, 0.1) is 5.41 Å². The Bertz CT molecular complexity index is 89.4. The smallest absolute Gasteiger partial charge is 0.0524 e. The van der Waals surface area contributed by atoms with Gasteiger partial charge in [-0.2, -0.15) is 0 Å². The number of rotatable bonds is 2. The van der Waals surface area contributed by atoms with Crippen molar-refractivity contribution in [1.82, 2.24) is 0 Å². The minimum Gasteiger partial charge on any atom is -0.396 e. The molecule has 0 aromatic carbocycles. The molecule has 1 atom stereocenters. The number of hydrogen-bond donors (Lipinski definition) is 3. The first-order valence-electron chi connectivity index (χ1n) is 2.72. The summed E-state index contributed by atoms with van der Waals surface area (Å²) in [5.41, 5.74) is 5.08. The predicted octanol–water partition coefficient (Wildman–Crippen LogP) is -0.890. The summed E-state index contributed by atoms with van der Waals surface area (Å²) in [7, 11) is 0. The summed E-state index contributed by atoms with van der Waals surface area (Å²) in [6, 6.07) is 0.0255. The molecule has 0 aromatic heterocycles. The van der Waals surface area contributed by atoms with Crippen molar-refractivity contribution >= 4 is 12.4 Å². The molecule has 4 N–H and O–H groups in total. The maximum absolute atomic E-state index is 8.59. The van der Waals surface area contributed by atoms with Crippen molar-refractivity contribution in [2.75, 3.05) is 13.2 Å². The van der Waals surface area contributed by atoms with Crippen LogP contribution >= 0.6 is 12.4 Å². The third-order valence-corrected chi connectivity index (χ3v) is 1.88. The zero-order valence-corrected chi connectivity index (χ0v) is 5.90. The van der Waals surface area contributed by atoms with Gasteiger partial charge in [0.25, 0.3) is 0 Å². The normalized spacial score (nSPS) is 29.0. The van der Waals surface area contributed by atoms with Crippen LogP contribution in [0.2, 0.25) is 0 Å². The Morgan fingerprint density at radius 3 is 1.78 bits per heavy atom. The molecule has 4 heteroatoms. The van der Waals surface area contributed by atoms with Crippen LogP contribution in [0.3, 0.4) is 0 Å². The van der Waals surface area contributed by atoms with Crippen molar-refractivity contribution in [3.05, 3.63) is 0 Å². The highest BCUT2D eigenvalue weighted by molar-refractivity contribution is 5.85.